The van der Waals surface area contributed by atoms with E-state index in [0.717, 1.165) is 11.6 Å². The second-order valence-electron chi connectivity index (χ2n) is 9.18. The zero-order valence-electron chi connectivity index (χ0n) is 20.5. The lowest BCUT2D eigenvalue weighted by Crippen LogP contribution is -2.41. The molecule has 196 valence electrons. The van der Waals surface area contributed by atoms with Gasteiger partial charge in [0, 0.05) is 34.3 Å². The van der Waals surface area contributed by atoms with Crippen molar-refractivity contribution >= 4 is 28.2 Å². The Morgan fingerprint density at radius 3 is 2.50 bits per heavy atom. The monoisotopic (exact) mass is 540 g/mol. The molecule has 5 rings (SSSR count). The molecule has 0 aliphatic heterocycles. The lowest BCUT2D eigenvalue weighted by molar-refractivity contribution is -0.0356. The van der Waals surface area contributed by atoms with Gasteiger partial charge in [-0.3, -0.25) is 4.68 Å². The summed E-state index contributed by atoms with van der Waals surface area (Å²) in [5.74, 6) is -2.30. The SMILES string of the molecule is Cc1nn([C@H](C)[C@](O)(Cn2cncn2)c2ccc(F)cc2F)c2c(F)cc(NCc3ccc(Cl)cc3)cc12. The predicted molar refractivity (Wildman–Crippen MR) is 138 cm³/mol. The van der Waals surface area contributed by atoms with Gasteiger partial charge in [0.05, 0.1) is 18.3 Å². The van der Waals surface area contributed by atoms with Crippen LogP contribution in [0.2, 0.25) is 5.02 Å². The largest absolute Gasteiger partial charge is 0.381 e. The fourth-order valence-corrected chi connectivity index (χ4v) is 4.73. The number of halogens is 4. The molecule has 0 saturated carbocycles. The third-order valence-electron chi connectivity index (χ3n) is 6.68. The third-order valence-corrected chi connectivity index (χ3v) is 6.93. The number of aliphatic hydroxyl groups is 1. The van der Waals surface area contributed by atoms with Gasteiger partial charge in [0.1, 0.15) is 35.4 Å². The number of hydrogen-bond donors (Lipinski definition) is 2. The fourth-order valence-electron chi connectivity index (χ4n) is 4.61. The molecule has 0 bridgehead atoms. The molecule has 0 saturated heterocycles. The minimum absolute atomic E-state index is 0.145. The van der Waals surface area contributed by atoms with E-state index in [2.05, 4.69) is 20.5 Å². The zero-order valence-corrected chi connectivity index (χ0v) is 21.3. The summed E-state index contributed by atoms with van der Waals surface area (Å²) in [4.78, 5) is 3.88. The van der Waals surface area contributed by atoms with Gasteiger partial charge in [-0.2, -0.15) is 10.2 Å². The summed E-state index contributed by atoms with van der Waals surface area (Å²) >= 11 is 5.94. The molecule has 11 heteroatoms. The molecule has 0 amide bonds. The maximum absolute atomic E-state index is 15.6. The first-order valence-corrected chi connectivity index (χ1v) is 12.2. The van der Waals surface area contributed by atoms with Crippen molar-refractivity contribution in [2.45, 2.75) is 38.6 Å². The molecule has 5 aromatic rings. The van der Waals surface area contributed by atoms with Crippen LogP contribution < -0.4 is 5.32 Å². The molecule has 0 radical (unpaired) electrons. The summed E-state index contributed by atoms with van der Waals surface area (Å²) in [5, 5.41) is 24.8. The Labute approximate surface area is 221 Å². The van der Waals surface area contributed by atoms with Crippen LogP contribution in [0.5, 0.6) is 0 Å². The molecule has 2 atom stereocenters. The topological polar surface area (TPSA) is 80.8 Å². The van der Waals surface area contributed by atoms with Crippen LogP contribution in [-0.2, 0) is 18.7 Å². The van der Waals surface area contributed by atoms with Crippen LogP contribution in [0, 0.1) is 24.4 Å². The highest BCUT2D eigenvalue weighted by atomic mass is 35.5. The Hall–Kier alpha value is -3.89. The highest BCUT2D eigenvalue weighted by Gasteiger charge is 2.41. The van der Waals surface area contributed by atoms with Gasteiger partial charge in [-0.25, -0.2) is 22.8 Å². The van der Waals surface area contributed by atoms with Crippen molar-refractivity contribution in [1.82, 2.24) is 24.5 Å². The van der Waals surface area contributed by atoms with E-state index in [1.165, 1.54) is 34.2 Å². The quantitative estimate of drug-likeness (QED) is 0.261. The number of anilines is 1. The van der Waals surface area contributed by atoms with Crippen molar-refractivity contribution < 1.29 is 18.3 Å². The maximum atomic E-state index is 15.6. The number of nitrogens with zero attached hydrogens (tertiary/aromatic N) is 5. The smallest absolute Gasteiger partial charge is 0.151 e. The van der Waals surface area contributed by atoms with Crippen LogP contribution in [0.15, 0.2) is 67.3 Å². The van der Waals surface area contributed by atoms with Crippen molar-refractivity contribution in [1.29, 1.82) is 0 Å². The van der Waals surface area contributed by atoms with Gasteiger partial charge in [0.2, 0.25) is 0 Å². The van der Waals surface area contributed by atoms with Gasteiger partial charge >= 0.3 is 0 Å². The standard InChI is InChI=1S/C27H24ClF3N6O/c1-16-22-10-21(33-12-18-3-5-19(28)6-4-18)11-25(31)26(22)37(35-16)17(2)27(38,13-36-15-32-14-34-36)23-8-7-20(29)9-24(23)30/h3-11,14-15,17,33,38H,12-13H2,1-2H3/t17-,27-/m1/s1. The molecule has 0 unspecified atom stereocenters. The summed E-state index contributed by atoms with van der Waals surface area (Å²) < 4.78 is 47.0. The number of aryl methyl sites for hydroxylation is 1. The molecular weight excluding hydrogens is 517 g/mol. The summed E-state index contributed by atoms with van der Waals surface area (Å²) in [6.07, 6.45) is 2.64. The maximum Gasteiger partial charge on any atom is 0.151 e. The van der Waals surface area contributed by atoms with Crippen LogP contribution in [0.4, 0.5) is 18.9 Å². The molecular formula is C27H24ClF3N6O. The van der Waals surface area contributed by atoms with Crippen LogP contribution in [0.3, 0.4) is 0 Å². The predicted octanol–water partition coefficient (Wildman–Crippen LogP) is 5.77. The average Bonchev–Trinajstić information content (AvgIpc) is 3.51. The Balaban J connectivity index is 1.54. The first kappa shape index (κ1) is 25.7. The molecule has 2 aromatic heterocycles. The van der Waals surface area contributed by atoms with Crippen molar-refractivity contribution in [2.24, 2.45) is 0 Å². The third kappa shape index (κ3) is 4.84. The van der Waals surface area contributed by atoms with Gasteiger partial charge < -0.3 is 10.4 Å². The molecule has 0 fully saturated rings. The number of rotatable bonds is 8. The minimum Gasteiger partial charge on any atom is -0.381 e. The normalized spacial score (nSPS) is 14.0. The molecule has 3 aromatic carbocycles. The van der Waals surface area contributed by atoms with Gasteiger partial charge in [0.15, 0.2) is 5.82 Å². The van der Waals surface area contributed by atoms with Crippen LogP contribution in [0.1, 0.15) is 29.8 Å². The van der Waals surface area contributed by atoms with Crippen LogP contribution in [0.25, 0.3) is 10.9 Å². The number of fused-ring (bicyclic) bond motifs is 1. The van der Waals surface area contributed by atoms with E-state index in [1.807, 2.05) is 12.1 Å². The van der Waals surface area contributed by atoms with Gasteiger partial charge in [-0.1, -0.05) is 29.8 Å². The van der Waals surface area contributed by atoms with Crippen molar-refractivity contribution in [3.8, 4) is 0 Å². The van der Waals surface area contributed by atoms with E-state index in [0.29, 0.717) is 34.4 Å². The highest BCUT2D eigenvalue weighted by molar-refractivity contribution is 6.30. The number of aromatic nitrogens is 5. The molecule has 7 nitrogen and oxygen atoms in total. The minimum atomic E-state index is -1.99. The summed E-state index contributed by atoms with van der Waals surface area (Å²) in [7, 11) is 0. The number of nitrogens with one attached hydrogen (secondary N) is 1. The van der Waals surface area contributed by atoms with Gasteiger partial charge in [-0.05, 0) is 49.7 Å². The lowest BCUT2D eigenvalue weighted by Gasteiger charge is -2.35. The summed E-state index contributed by atoms with van der Waals surface area (Å²) in [5.41, 5.74) is 0.00705. The Kier molecular flexibility index (Phi) is 6.85. The number of hydrogen-bond acceptors (Lipinski definition) is 5. The first-order valence-electron chi connectivity index (χ1n) is 11.8. The van der Waals surface area contributed by atoms with Gasteiger partial charge in [-0.15, -0.1) is 0 Å². The summed E-state index contributed by atoms with van der Waals surface area (Å²) in [6, 6.07) is 12.4. The summed E-state index contributed by atoms with van der Waals surface area (Å²) in [6.45, 7) is 3.54. The fraction of sp³-hybridized carbons (Fsp3) is 0.222. The second-order valence-corrected chi connectivity index (χ2v) is 9.62. The average molecular weight is 541 g/mol. The van der Waals surface area contributed by atoms with Crippen molar-refractivity contribution in [2.75, 3.05) is 5.32 Å². The Morgan fingerprint density at radius 1 is 1.05 bits per heavy atom. The molecule has 2 N–H and O–H groups in total. The first-order chi connectivity index (χ1) is 18.2. The van der Waals surface area contributed by atoms with E-state index >= 15 is 4.39 Å². The van der Waals surface area contributed by atoms with Crippen molar-refractivity contribution in [3.05, 3.63) is 107 Å². The molecule has 2 heterocycles. The van der Waals surface area contributed by atoms with E-state index < -0.39 is 29.1 Å². The zero-order chi connectivity index (χ0) is 27.0. The van der Waals surface area contributed by atoms with E-state index in [1.54, 1.807) is 32.0 Å². The lowest BCUT2D eigenvalue weighted by atomic mass is 9.86. The van der Waals surface area contributed by atoms with Gasteiger partial charge in [0.25, 0.3) is 0 Å². The van der Waals surface area contributed by atoms with Crippen LogP contribution in [-0.4, -0.2) is 29.7 Å². The van der Waals surface area contributed by atoms with E-state index in [4.69, 9.17) is 11.6 Å². The molecule has 0 spiro atoms. The number of benzene rings is 3. The Bertz CT molecular complexity index is 1590. The van der Waals surface area contributed by atoms with Crippen molar-refractivity contribution in [3.63, 3.8) is 0 Å². The molecule has 0 aliphatic carbocycles. The highest BCUT2D eigenvalue weighted by Crippen LogP contribution is 2.39. The van der Waals surface area contributed by atoms with E-state index in [-0.39, 0.29) is 17.6 Å². The second kappa shape index (κ2) is 10.1. The van der Waals surface area contributed by atoms with Crippen LogP contribution >= 0.6 is 11.6 Å². The molecule has 0 aliphatic rings. The Morgan fingerprint density at radius 2 is 1.82 bits per heavy atom. The van der Waals surface area contributed by atoms with E-state index in [9.17, 15) is 13.9 Å². The molecule has 38 heavy (non-hydrogen) atoms.